The zero-order valence-electron chi connectivity index (χ0n) is 14.7. The summed E-state index contributed by atoms with van der Waals surface area (Å²) in [5.74, 6) is -0.650. The molecule has 0 aliphatic heterocycles. The van der Waals surface area contributed by atoms with Gasteiger partial charge in [0.15, 0.2) is 5.76 Å². The van der Waals surface area contributed by atoms with Gasteiger partial charge < -0.3 is 9.73 Å². The highest BCUT2D eigenvalue weighted by Crippen LogP contribution is 2.22. The van der Waals surface area contributed by atoms with E-state index in [4.69, 9.17) is 27.6 Å². The summed E-state index contributed by atoms with van der Waals surface area (Å²) in [7, 11) is 0. The smallest absolute Gasteiger partial charge is 0.307 e. The van der Waals surface area contributed by atoms with Crippen LogP contribution in [0.2, 0.25) is 10.0 Å². The van der Waals surface area contributed by atoms with Crippen LogP contribution in [0.5, 0.6) is 0 Å². The monoisotopic (exact) mass is 415 g/mol. The van der Waals surface area contributed by atoms with Crippen molar-refractivity contribution in [3.8, 4) is 0 Å². The number of nitrogens with zero attached hydrogens (tertiary/aromatic N) is 1. The number of anilines is 1. The van der Waals surface area contributed by atoms with E-state index >= 15 is 0 Å². The van der Waals surface area contributed by atoms with Gasteiger partial charge in [-0.2, -0.15) is 5.10 Å². The summed E-state index contributed by atoms with van der Waals surface area (Å²) in [6.45, 7) is 1.74. The molecule has 2 N–H and O–H groups in total. The van der Waals surface area contributed by atoms with Crippen molar-refractivity contribution in [3.63, 3.8) is 0 Å². The third-order valence-corrected chi connectivity index (χ3v) is 4.33. The maximum atomic E-state index is 12.4. The molecule has 2 amide bonds. The van der Waals surface area contributed by atoms with Gasteiger partial charge >= 0.3 is 5.91 Å². The SMILES string of the molecule is CC(=NNC(=O)c1ccco1)c1cccc(NC(=O)c2ccc(Cl)cc2Cl)c1. The molecule has 0 unspecified atom stereocenters. The molecule has 1 aromatic heterocycles. The Kier molecular flexibility index (Phi) is 6.13. The first-order valence-corrected chi connectivity index (χ1v) is 8.94. The predicted molar refractivity (Wildman–Crippen MR) is 109 cm³/mol. The molecule has 0 saturated heterocycles. The van der Waals surface area contributed by atoms with E-state index in [1.807, 2.05) is 6.07 Å². The van der Waals surface area contributed by atoms with Gasteiger partial charge in [0.05, 0.1) is 22.6 Å². The van der Waals surface area contributed by atoms with Crippen molar-refractivity contribution in [2.45, 2.75) is 6.92 Å². The maximum Gasteiger partial charge on any atom is 0.307 e. The summed E-state index contributed by atoms with van der Waals surface area (Å²) in [6.07, 6.45) is 1.41. The molecule has 6 nitrogen and oxygen atoms in total. The molecule has 3 aromatic rings. The van der Waals surface area contributed by atoms with Crippen LogP contribution >= 0.6 is 23.2 Å². The summed E-state index contributed by atoms with van der Waals surface area (Å²) in [5.41, 5.74) is 4.57. The largest absolute Gasteiger partial charge is 0.459 e. The Balaban J connectivity index is 1.71. The second kappa shape index (κ2) is 8.73. The van der Waals surface area contributed by atoms with Crippen molar-refractivity contribution >= 4 is 46.4 Å². The minimum absolute atomic E-state index is 0.164. The molecule has 8 heteroatoms. The number of hydrogen-bond donors (Lipinski definition) is 2. The molecule has 2 aromatic carbocycles. The van der Waals surface area contributed by atoms with E-state index in [2.05, 4.69) is 15.8 Å². The van der Waals surface area contributed by atoms with E-state index in [0.717, 1.165) is 5.56 Å². The molecule has 0 aliphatic carbocycles. The highest BCUT2D eigenvalue weighted by molar-refractivity contribution is 6.37. The summed E-state index contributed by atoms with van der Waals surface area (Å²) in [4.78, 5) is 24.3. The van der Waals surface area contributed by atoms with E-state index < -0.39 is 5.91 Å². The molecular weight excluding hydrogens is 401 g/mol. The van der Waals surface area contributed by atoms with Crippen LogP contribution in [-0.4, -0.2) is 17.5 Å². The van der Waals surface area contributed by atoms with E-state index in [1.165, 1.54) is 18.4 Å². The standard InChI is InChI=1S/C20H15Cl2N3O3/c1-12(24-25-20(27)18-6-3-9-28-18)13-4-2-5-15(10-13)23-19(26)16-8-7-14(21)11-17(16)22/h2-11H,1H3,(H,23,26)(H,25,27). The lowest BCUT2D eigenvalue weighted by atomic mass is 10.1. The van der Waals surface area contributed by atoms with Crippen LogP contribution < -0.4 is 10.7 Å². The Morgan fingerprint density at radius 1 is 1.00 bits per heavy atom. The molecule has 0 fully saturated rings. The quantitative estimate of drug-likeness (QED) is 0.454. The van der Waals surface area contributed by atoms with Crippen LogP contribution in [0.1, 0.15) is 33.4 Å². The van der Waals surface area contributed by atoms with Gasteiger partial charge in [0.1, 0.15) is 0 Å². The first kappa shape index (κ1) is 19.7. The molecule has 0 saturated carbocycles. The lowest BCUT2D eigenvalue weighted by Crippen LogP contribution is -2.18. The minimum Gasteiger partial charge on any atom is -0.459 e. The Morgan fingerprint density at radius 2 is 1.82 bits per heavy atom. The number of halogens is 2. The van der Waals surface area contributed by atoms with Gasteiger partial charge in [0, 0.05) is 10.7 Å². The van der Waals surface area contributed by atoms with Crippen LogP contribution in [0, 0.1) is 0 Å². The number of furan rings is 1. The predicted octanol–water partition coefficient (Wildman–Crippen LogP) is 4.99. The van der Waals surface area contributed by atoms with E-state index in [-0.39, 0.29) is 16.7 Å². The fraction of sp³-hybridized carbons (Fsp3) is 0.0500. The highest BCUT2D eigenvalue weighted by Gasteiger charge is 2.12. The summed E-state index contributed by atoms with van der Waals surface area (Å²) in [5, 5.41) is 7.55. The molecule has 0 spiro atoms. The van der Waals surface area contributed by atoms with Crippen molar-refractivity contribution < 1.29 is 14.0 Å². The zero-order chi connectivity index (χ0) is 20.1. The first-order valence-electron chi connectivity index (χ1n) is 8.19. The van der Waals surface area contributed by atoms with Crippen molar-refractivity contribution in [1.29, 1.82) is 0 Å². The summed E-state index contributed by atoms with van der Waals surface area (Å²) < 4.78 is 5.01. The van der Waals surface area contributed by atoms with Crippen LogP contribution in [-0.2, 0) is 0 Å². The molecule has 1 heterocycles. The molecule has 142 valence electrons. The lowest BCUT2D eigenvalue weighted by molar-refractivity contribution is 0.0926. The van der Waals surface area contributed by atoms with Gasteiger partial charge in [-0.05, 0) is 55.0 Å². The highest BCUT2D eigenvalue weighted by atomic mass is 35.5. The van der Waals surface area contributed by atoms with Crippen LogP contribution in [0.4, 0.5) is 5.69 Å². The molecule has 0 aliphatic rings. The second-order valence-electron chi connectivity index (χ2n) is 5.77. The number of rotatable bonds is 5. The van der Waals surface area contributed by atoms with Crippen molar-refractivity contribution in [3.05, 3.63) is 87.8 Å². The average Bonchev–Trinajstić information content (AvgIpc) is 3.20. The molecule has 3 rings (SSSR count). The zero-order valence-corrected chi connectivity index (χ0v) is 16.2. The summed E-state index contributed by atoms with van der Waals surface area (Å²) in [6, 6.07) is 14.9. The van der Waals surface area contributed by atoms with Gasteiger partial charge in [0.25, 0.3) is 5.91 Å². The normalized spacial score (nSPS) is 11.2. The molecule has 28 heavy (non-hydrogen) atoms. The van der Waals surface area contributed by atoms with Crippen molar-refractivity contribution in [1.82, 2.24) is 5.43 Å². The van der Waals surface area contributed by atoms with Gasteiger partial charge in [0.2, 0.25) is 0 Å². The molecule has 0 bridgehead atoms. The Morgan fingerprint density at radius 3 is 2.54 bits per heavy atom. The third kappa shape index (κ3) is 4.79. The van der Waals surface area contributed by atoms with Crippen molar-refractivity contribution in [2.75, 3.05) is 5.32 Å². The third-order valence-electron chi connectivity index (χ3n) is 3.78. The number of carbonyl (C=O) groups excluding carboxylic acids is 2. The minimum atomic E-state index is -0.453. The number of hydrogen-bond acceptors (Lipinski definition) is 4. The number of nitrogens with one attached hydrogen (secondary N) is 2. The van der Waals surface area contributed by atoms with Crippen LogP contribution in [0.3, 0.4) is 0 Å². The fourth-order valence-electron chi connectivity index (χ4n) is 2.36. The van der Waals surface area contributed by atoms with Crippen molar-refractivity contribution in [2.24, 2.45) is 5.10 Å². The van der Waals surface area contributed by atoms with Gasteiger partial charge in [-0.25, -0.2) is 5.43 Å². The van der Waals surface area contributed by atoms with E-state index in [0.29, 0.717) is 22.0 Å². The second-order valence-corrected chi connectivity index (χ2v) is 6.62. The Bertz CT molecular complexity index is 1050. The van der Waals surface area contributed by atoms with Crippen LogP contribution in [0.25, 0.3) is 0 Å². The Hall–Kier alpha value is -3.09. The number of benzene rings is 2. The Labute approximate surface area is 171 Å². The van der Waals surface area contributed by atoms with Gasteiger partial charge in [-0.15, -0.1) is 0 Å². The molecule has 0 radical (unpaired) electrons. The topological polar surface area (TPSA) is 83.7 Å². The van der Waals surface area contributed by atoms with Gasteiger partial charge in [-0.3, -0.25) is 9.59 Å². The fourth-order valence-corrected chi connectivity index (χ4v) is 2.85. The van der Waals surface area contributed by atoms with Crippen LogP contribution in [0.15, 0.2) is 70.4 Å². The maximum absolute atomic E-state index is 12.4. The van der Waals surface area contributed by atoms with E-state index in [9.17, 15) is 9.59 Å². The average molecular weight is 416 g/mol. The van der Waals surface area contributed by atoms with E-state index in [1.54, 1.807) is 43.3 Å². The number of hydrazone groups is 1. The lowest BCUT2D eigenvalue weighted by Gasteiger charge is -2.09. The van der Waals surface area contributed by atoms with Gasteiger partial charge in [-0.1, -0.05) is 35.3 Å². The number of carbonyl (C=O) groups is 2. The molecular formula is C20H15Cl2N3O3. The molecule has 0 atom stereocenters. The summed E-state index contributed by atoms with van der Waals surface area (Å²) >= 11 is 11.9. The first-order chi connectivity index (χ1) is 13.4. The number of amides is 2.